The quantitative estimate of drug-likeness (QED) is 0.724. The molecule has 2 aromatic carbocycles. The first-order valence-corrected chi connectivity index (χ1v) is 7.40. The lowest BCUT2D eigenvalue weighted by atomic mass is 10.2. The number of aromatic nitrogens is 1. The fraction of sp³-hybridized carbons (Fsp3) is 0.105. The maximum Gasteiger partial charge on any atom is 0.127 e. The molecule has 0 amide bonds. The molecule has 0 aliphatic heterocycles. The lowest BCUT2D eigenvalue weighted by molar-refractivity contribution is 0.482. The average molecular weight is 303 g/mol. The zero-order valence-electron chi connectivity index (χ0n) is 12.8. The van der Waals surface area contributed by atoms with Crippen molar-refractivity contribution in [3.8, 4) is 17.6 Å². The molecule has 0 radical (unpaired) electrons. The predicted octanol–water partition coefficient (Wildman–Crippen LogP) is 4.60. The normalized spacial score (nSPS) is 10.1. The Balaban J connectivity index is 1.64. The number of aromatic amines is 1. The number of hydrogen-bond donors (Lipinski definition) is 2. The number of H-pyrrole nitrogens is 1. The largest absolute Gasteiger partial charge is 0.457 e. The van der Waals surface area contributed by atoms with E-state index < -0.39 is 0 Å². The van der Waals surface area contributed by atoms with E-state index in [0.29, 0.717) is 12.1 Å². The molecule has 3 aromatic rings. The SMILES string of the molecule is Cc1[nH]cc(C#N)c1NCc1ccc(Oc2ccccc2)cc1. The third-order valence-corrected chi connectivity index (χ3v) is 3.57. The highest BCUT2D eigenvalue weighted by Gasteiger charge is 2.07. The van der Waals surface area contributed by atoms with Crippen molar-refractivity contribution < 1.29 is 4.74 Å². The van der Waals surface area contributed by atoms with Crippen molar-refractivity contribution in [3.63, 3.8) is 0 Å². The molecule has 0 atom stereocenters. The number of nitriles is 1. The Kier molecular flexibility index (Phi) is 4.30. The number of anilines is 1. The van der Waals surface area contributed by atoms with Gasteiger partial charge in [0.05, 0.1) is 11.3 Å². The second-order valence-corrected chi connectivity index (χ2v) is 5.23. The average Bonchev–Trinajstić information content (AvgIpc) is 2.95. The molecule has 3 rings (SSSR count). The van der Waals surface area contributed by atoms with Crippen LogP contribution in [-0.2, 0) is 6.54 Å². The summed E-state index contributed by atoms with van der Waals surface area (Å²) < 4.78 is 5.77. The molecule has 0 unspecified atom stereocenters. The van der Waals surface area contributed by atoms with E-state index in [4.69, 9.17) is 10.00 Å². The molecule has 0 bridgehead atoms. The number of nitrogens with one attached hydrogen (secondary N) is 2. The Morgan fingerprint density at radius 1 is 1.04 bits per heavy atom. The molecule has 4 heteroatoms. The molecule has 0 spiro atoms. The summed E-state index contributed by atoms with van der Waals surface area (Å²) in [6.07, 6.45) is 1.72. The van der Waals surface area contributed by atoms with E-state index in [9.17, 15) is 0 Å². The number of hydrogen-bond acceptors (Lipinski definition) is 3. The highest BCUT2D eigenvalue weighted by molar-refractivity contribution is 5.60. The molecule has 114 valence electrons. The van der Waals surface area contributed by atoms with Gasteiger partial charge in [0.15, 0.2) is 0 Å². The van der Waals surface area contributed by atoms with E-state index in [1.54, 1.807) is 6.20 Å². The summed E-state index contributed by atoms with van der Waals surface area (Å²) in [4.78, 5) is 3.06. The Bertz CT molecular complexity index is 814. The van der Waals surface area contributed by atoms with Crippen molar-refractivity contribution in [1.29, 1.82) is 5.26 Å². The minimum Gasteiger partial charge on any atom is -0.457 e. The summed E-state index contributed by atoms with van der Waals surface area (Å²) in [5.41, 5.74) is 3.57. The van der Waals surface area contributed by atoms with Crippen LogP contribution in [0.4, 0.5) is 5.69 Å². The molecular weight excluding hydrogens is 286 g/mol. The van der Waals surface area contributed by atoms with E-state index in [2.05, 4.69) is 16.4 Å². The summed E-state index contributed by atoms with van der Waals surface area (Å²) in [7, 11) is 0. The second-order valence-electron chi connectivity index (χ2n) is 5.23. The van der Waals surface area contributed by atoms with E-state index >= 15 is 0 Å². The summed E-state index contributed by atoms with van der Waals surface area (Å²) in [6, 6.07) is 19.8. The lowest BCUT2D eigenvalue weighted by Gasteiger charge is -2.09. The van der Waals surface area contributed by atoms with Crippen molar-refractivity contribution in [2.45, 2.75) is 13.5 Å². The number of para-hydroxylation sites is 1. The fourth-order valence-electron chi connectivity index (χ4n) is 2.33. The van der Waals surface area contributed by atoms with Crippen LogP contribution in [0.15, 0.2) is 60.8 Å². The maximum absolute atomic E-state index is 9.08. The van der Waals surface area contributed by atoms with Gasteiger partial charge in [0, 0.05) is 18.4 Å². The minimum atomic E-state index is 0.631. The fourth-order valence-corrected chi connectivity index (χ4v) is 2.33. The zero-order chi connectivity index (χ0) is 16.1. The van der Waals surface area contributed by atoms with Gasteiger partial charge in [-0.05, 0) is 36.8 Å². The van der Waals surface area contributed by atoms with Crippen molar-refractivity contribution in [2.75, 3.05) is 5.32 Å². The molecule has 1 aromatic heterocycles. The highest BCUT2D eigenvalue weighted by Crippen LogP contribution is 2.23. The van der Waals surface area contributed by atoms with E-state index in [1.807, 2.05) is 61.5 Å². The van der Waals surface area contributed by atoms with Gasteiger partial charge in [-0.15, -0.1) is 0 Å². The molecule has 0 saturated carbocycles. The summed E-state index contributed by atoms with van der Waals surface area (Å²) in [5, 5.41) is 12.4. The van der Waals surface area contributed by atoms with Crippen molar-refractivity contribution in [2.24, 2.45) is 0 Å². The first-order chi connectivity index (χ1) is 11.3. The molecular formula is C19H17N3O. The van der Waals surface area contributed by atoms with Crippen molar-refractivity contribution in [1.82, 2.24) is 4.98 Å². The molecule has 1 heterocycles. The molecule has 23 heavy (non-hydrogen) atoms. The third kappa shape index (κ3) is 3.53. The Morgan fingerprint density at radius 3 is 2.43 bits per heavy atom. The number of benzene rings is 2. The van der Waals surface area contributed by atoms with Crippen LogP contribution in [0.1, 0.15) is 16.8 Å². The van der Waals surface area contributed by atoms with Gasteiger partial charge < -0.3 is 15.0 Å². The van der Waals surface area contributed by atoms with Gasteiger partial charge >= 0.3 is 0 Å². The van der Waals surface area contributed by atoms with Crippen LogP contribution >= 0.6 is 0 Å². The molecule has 0 saturated heterocycles. The van der Waals surface area contributed by atoms with Gasteiger partial charge in [-0.2, -0.15) is 5.26 Å². The van der Waals surface area contributed by atoms with Gasteiger partial charge in [-0.3, -0.25) is 0 Å². The smallest absolute Gasteiger partial charge is 0.127 e. The topological polar surface area (TPSA) is 60.8 Å². The van der Waals surface area contributed by atoms with Gasteiger partial charge in [0.25, 0.3) is 0 Å². The zero-order valence-corrected chi connectivity index (χ0v) is 12.8. The second kappa shape index (κ2) is 6.71. The molecule has 0 aliphatic carbocycles. The Hall–Kier alpha value is -3.19. The summed E-state index contributed by atoms with van der Waals surface area (Å²) >= 11 is 0. The van der Waals surface area contributed by atoms with Crippen LogP contribution in [-0.4, -0.2) is 4.98 Å². The van der Waals surface area contributed by atoms with Crippen LogP contribution in [0.5, 0.6) is 11.5 Å². The van der Waals surface area contributed by atoms with Gasteiger partial charge in [-0.25, -0.2) is 0 Å². The molecule has 2 N–H and O–H groups in total. The molecule has 0 aliphatic rings. The summed E-state index contributed by atoms with van der Waals surface area (Å²) in [6.45, 7) is 2.60. The minimum absolute atomic E-state index is 0.631. The monoisotopic (exact) mass is 303 g/mol. The maximum atomic E-state index is 9.08. The van der Waals surface area contributed by atoms with E-state index in [1.165, 1.54) is 0 Å². The lowest BCUT2D eigenvalue weighted by Crippen LogP contribution is -2.01. The molecule has 0 fully saturated rings. The van der Waals surface area contributed by atoms with E-state index in [0.717, 1.165) is 28.4 Å². The van der Waals surface area contributed by atoms with Crippen LogP contribution < -0.4 is 10.1 Å². The predicted molar refractivity (Wildman–Crippen MR) is 90.5 cm³/mol. The van der Waals surface area contributed by atoms with Crippen LogP contribution in [0.3, 0.4) is 0 Å². The molecule has 4 nitrogen and oxygen atoms in total. The Morgan fingerprint density at radius 2 is 1.74 bits per heavy atom. The standard InChI is InChI=1S/C19H17N3O/c1-14-19(16(11-20)13-21-14)22-12-15-7-9-18(10-8-15)23-17-5-3-2-4-6-17/h2-10,13,21-22H,12H2,1H3. The number of rotatable bonds is 5. The highest BCUT2D eigenvalue weighted by atomic mass is 16.5. The van der Waals surface area contributed by atoms with E-state index in [-0.39, 0.29) is 0 Å². The Labute approximate surface area is 135 Å². The van der Waals surface area contributed by atoms with Gasteiger partial charge in [-0.1, -0.05) is 30.3 Å². The van der Waals surface area contributed by atoms with Crippen molar-refractivity contribution in [3.05, 3.63) is 77.6 Å². The number of nitrogens with zero attached hydrogens (tertiary/aromatic N) is 1. The number of ether oxygens (including phenoxy) is 1. The third-order valence-electron chi connectivity index (χ3n) is 3.57. The van der Waals surface area contributed by atoms with Crippen LogP contribution in [0.25, 0.3) is 0 Å². The first kappa shape index (κ1) is 14.7. The first-order valence-electron chi connectivity index (χ1n) is 7.40. The van der Waals surface area contributed by atoms with Crippen LogP contribution in [0, 0.1) is 18.3 Å². The van der Waals surface area contributed by atoms with Gasteiger partial charge in [0.1, 0.15) is 17.6 Å². The van der Waals surface area contributed by atoms with Gasteiger partial charge in [0.2, 0.25) is 0 Å². The summed E-state index contributed by atoms with van der Waals surface area (Å²) in [5.74, 6) is 1.62. The van der Waals surface area contributed by atoms with Crippen molar-refractivity contribution >= 4 is 5.69 Å². The van der Waals surface area contributed by atoms with Crippen LogP contribution in [0.2, 0.25) is 0 Å². The number of aryl methyl sites for hydroxylation is 1.